The molecule has 0 saturated heterocycles. The summed E-state index contributed by atoms with van der Waals surface area (Å²) in [7, 11) is 0. The molecule has 0 spiro atoms. The summed E-state index contributed by atoms with van der Waals surface area (Å²) in [5.74, 6) is 1.79. The van der Waals surface area contributed by atoms with Gasteiger partial charge in [0.25, 0.3) is 0 Å². The van der Waals surface area contributed by atoms with Crippen molar-refractivity contribution in [2.24, 2.45) is 0 Å². The van der Waals surface area contributed by atoms with E-state index < -0.39 is 0 Å². The first kappa shape index (κ1) is 21.7. The highest BCUT2D eigenvalue weighted by Crippen LogP contribution is 2.13. The molecule has 3 N–H and O–H groups in total. The van der Waals surface area contributed by atoms with E-state index in [4.69, 9.17) is 4.74 Å². The lowest BCUT2D eigenvalue weighted by molar-refractivity contribution is 0.152. The monoisotopic (exact) mass is 367 g/mol. The van der Waals surface area contributed by atoms with Crippen molar-refractivity contribution in [1.29, 1.82) is 0 Å². The molecule has 9 nitrogen and oxygen atoms in total. The highest BCUT2D eigenvalue weighted by Gasteiger charge is 2.11. The molecule has 1 aromatic heterocycles. The van der Waals surface area contributed by atoms with Gasteiger partial charge in [-0.2, -0.15) is 15.0 Å². The summed E-state index contributed by atoms with van der Waals surface area (Å²) in [4.78, 5) is 26.8. The second kappa shape index (κ2) is 13.0. The van der Waals surface area contributed by atoms with E-state index in [0.717, 1.165) is 38.9 Å². The lowest BCUT2D eigenvalue weighted by Gasteiger charge is -2.20. The van der Waals surface area contributed by atoms with Gasteiger partial charge in [0.1, 0.15) is 0 Å². The zero-order valence-electron chi connectivity index (χ0n) is 16.5. The molecule has 0 aliphatic heterocycles. The first-order valence-corrected chi connectivity index (χ1v) is 9.53. The van der Waals surface area contributed by atoms with Gasteiger partial charge >= 0.3 is 6.09 Å². The summed E-state index contributed by atoms with van der Waals surface area (Å²) < 4.78 is 4.82. The van der Waals surface area contributed by atoms with Gasteiger partial charge in [-0.25, -0.2) is 4.79 Å². The summed E-state index contributed by atoms with van der Waals surface area (Å²) in [6.07, 6.45) is 2.52. The largest absolute Gasteiger partial charge is 0.450 e. The van der Waals surface area contributed by atoms with Crippen LogP contribution in [-0.4, -0.2) is 60.4 Å². The molecule has 0 aliphatic carbocycles. The number of rotatable bonds is 13. The molecule has 0 saturated carbocycles. The van der Waals surface area contributed by atoms with Crippen molar-refractivity contribution in [2.75, 3.05) is 54.9 Å². The van der Waals surface area contributed by atoms with Crippen LogP contribution in [-0.2, 0) is 4.74 Å². The fourth-order valence-electron chi connectivity index (χ4n) is 2.21. The minimum Gasteiger partial charge on any atom is -0.450 e. The molecule has 0 fully saturated rings. The van der Waals surface area contributed by atoms with Crippen LogP contribution < -0.4 is 20.9 Å². The quantitative estimate of drug-likeness (QED) is 0.457. The fraction of sp³-hybridized carbons (Fsp3) is 0.765. The van der Waals surface area contributed by atoms with E-state index in [9.17, 15) is 4.79 Å². The second-order valence-electron chi connectivity index (χ2n) is 5.66. The second-order valence-corrected chi connectivity index (χ2v) is 5.66. The highest BCUT2D eigenvalue weighted by atomic mass is 16.5. The number of carbonyl (C=O) groups excluding carboxylic acids is 1. The van der Waals surface area contributed by atoms with Gasteiger partial charge in [0.05, 0.1) is 6.61 Å². The average Bonchev–Trinajstić information content (AvgIpc) is 2.63. The van der Waals surface area contributed by atoms with E-state index in [1.165, 1.54) is 0 Å². The third kappa shape index (κ3) is 8.17. The molecular formula is C17H33N7O2. The third-order valence-electron chi connectivity index (χ3n) is 3.66. The van der Waals surface area contributed by atoms with E-state index in [-0.39, 0.29) is 6.09 Å². The van der Waals surface area contributed by atoms with Crippen LogP contribution in [0.1, 0.15) is 47.0 Å². The Morgan fingerprint density at radius 3 is 2.08 bits per heavy atom. The topological polar surface area (TPSA) is 104 Å². The van der Waals surface area contributed by atoms with Crippen LogP contribution in [0.4, 0.5) is 22.6 Å². The van der Waals surface area contributed by atoms with Gasteiger partial charge in [-0.05, 0) is 33.6 Å². The number of amides is 1. The van der Waals surface area contributed by atoms with Crippen LogP contribution in [0.5, 0.6) is 0 Å². The minimum absolute atomic E-state index is 0.372. The molecule has 0 unspecified atom stereocenters. The summed E-state index contributed by atoms with van der Waals surface area (Å²) >= 11 is 0. The van der Waals surface area contributed by atoms with Crippen LogP contribution in [0.25, 0.3) is 0 Å². The molecule has 0 bridgehead atoms. The number of ether oxygens (including phenoxy) is 1. The molecule has 9 heteroatoms. The van der Waals surface area contributed by atoms with Crippen LogP contribution in [0, 0.1) is 0 Å². The molecule has 0 radical (unpaired) electrons. The number of hydrogen-bond acceptors (Lipinski definition) is 8. The summed E-state index contributed by atoms with van der Waals surface area (Å²) in [6.45, 7) is 12.1. The maximum absolute atomic E-state index is 11.2. The molecule has 1 rings (SSSR count). The van der Waals surface area contributed by atoms with E-state index in [2.05, 4.69) is 56.6 Å². The van der Waals surface area contributed by atoms with Gasteiger partial charge in [0, 0.05) is 32.7 Å². The van der Waals surface area contributed by atoms with Crippen molar-refractivity contribution in [2.45, 2.75) is 47.0 Å². The molecule has 1 heterocycles. The molecule has 26 heavy (non-hydrogen) atoms. The smallest absolute Gasteiger partial charge is 0.407 e. The van der Waals surface area contributed by atoms with E-state index in [1.807, 2.05) is 0 Å². The van der Waals surface area contributed by atoms with Gasteiger partial charge in [-0.15, -0.1) is 0 Å². The van der Waals surface area contributed by atoms with Crippen LogP contribution in [0.15, 0.2) is 0 Å². The predicted molar refractivity (Wildman–Crippen MR) is 105 cm³/mol. The Bertz CT molecular complexity index is 524. The third-order valence-corrected chi connectivity index (χ3v) is 3.66. The summed E-state index contributed by atoms with van der Waals surface area (Å²) in [6, 6.07) is 0. The molecule has 1 aromatic rings. The fourth-order valence-corrected chi connectivity index (χ4v) is 2.21. The summed E-state index contributed by atoms with van der Waals surface area (Å²) in [5.41, 5.74) is 0. The van der Waals surface area contributed by atoms with E-state index >= 15 is 0 Å². The number of hydrogen-bond donors (Lipinski definition) is 3. The Morgan fingerprint density at radius 1 is 0.923 bits per heavy atom. The number of anilines is 3. The van der Waals surface area contributed by atoms with Gasteiger partial charge < -0.3 is 25.6 Å². The normalized spacial score (nSPS) is 10.3. The van der Waals surface area contributed by atoms with Crippen LogP contribution in [0.2, 0.25) is 0 Å². The summed E-state index contributed by atoms with van der Waals surface area (Å²) in [5, 5.41) is 9.15. The lowest BCUT2D eigenvalue weighted by atomic mass is 10.3. The van der Waals surface area contributed by atoms with Crippen molar-refractivity contribution >= 4 is 23.9 Å². The van der Waals surface area contributed by atoms with Crippen molar-refractivity contribution in [3.05, 3.63) is 0 Å². The van der Waals surface area contributed by atoms with Crippen molar-refractivity contribution in [3.63, 3.8) is 0 Å². The SMILES string of the molecule is CCCCNc1nc(NCCCNC(=O)OCC)nc(N(CC)CC)n1. The standard InChI is InChI=1S/C17H33N7O2/c1-5-9-11-18-14-21-15(23-16(22-14)24(6-2)7-3)19-12-10-13-20-17(25)26-8-4/h5-13H2,1-4H3,(H,20,25)(H2,18,19,21,22,23). The number of aromatic nitrogens is 3. The Hall–Kier alpha value is -2.32. The molecule has 0 aromatic carbocycles. The van der Waals surface area contributed by atoms with Crippen molar-refractivity contribution in [3.8, 4) is 0 Å². The minimum atomic E-state index is -0.390. The highest BCUT2D eigenvalue weighted by molar-refractivity contribution is 5.66. The number of carbonyl (C=O) groups is 1. The lowest BCUT2D eigenvalue weighted by Crippen LogP contribution is -2.27. The van der Waals surface area contributed by atoms with Crippen molar-refractivity contribution in [1.82, 2.24) is 20.3 Å². The van der Waals surface area contributed by atoms with Crippen LogP contribution in [0.3, 0.4) is 0 Å². The Balaban J connectivity index is 2.62. The average molecular weight is 367 g/mol. The zero-order valence-corrected chi connectivity index (χ0v) is 16.5. The van der Waals surface area contributed by atoms with Gasteiger partial charge in [0.15, 0.2) is 0 Å². The number of unbranched alkanes of at least 4 members (excludes halogenated alkanes) is 1. The molecule has 1 amide bonds. The van der Waals surface area contributed by atoms with Crippen LogP contribution >= 0.6 is 0 Å². The molecule has 0 aliphatic rings. The number of nitrogens with zero attached hydrogens (tertiary/aromatic N) is 4. The maximum atomic E-state index is 11.2. The van der Waals surface area contributed by atoms with Gasteiger partial charge in [0.2, 0.25) is 17.8 Å². The molecule has 0 atom stereocenters. The Kier molecular flexibility index (Phi) is 10.8. The maximum Gasteiger partial charge on any atom is 0.407 e. The van der Waals surface area contributed by atoms with Gasteiger partial charge in [-0.3, -0.25) is 0 Å². The first-order chi connectivity index (χ1) is 12.6. The predicted octanol–water partition coefficient (Wildman–Crippen LogP) is 2.48. The number of nitrogens with one attached hydrogen (secondary N) is 3. The van der Waals surface area contributed by atoms with Crippen molar-refractivity contribution < 1.29 is 9.53 Å². The molecular weight excluding hydrogens is 334 g/mol. The Morgan fingerprint density at radius 2 is 1.54 bits per heavy atom. The number of alkyl carbamates (subject to hydrolysis) is 1. The Labute approximate surface area is 156 Å². The molecule has 148 valence electrons. The van der Waals surface area contributed by atoms with Gasteiger partial charge in [-0.1, -0.05) is 13.3 Å². The first-order valence-electron chi connectivity index (χ1n) is 9.53. The van der Waals surface area contributed by atoms with E-state index in [0.29, 0.717) is 37.5 Å². The zero-order chi connectivity index (χ0) is 19.2. The van der Waals surface area contributed by atoms with E-state index in [1.54, 1.807) is 6.92 Å².